The van der Waals surface area contributed by atoms with Crippen LogP contribution in [-0.4, -0.2) is 38.5 Å². The molecule has 10 heteroatoms. The zero-order valence-corrected chi connectivity index (χ0v) is 15.3. The van der Waals surface area contributed by atoms with Gasteiger partial charge in [-0.1, -0.05) is 6.07 Å². The zero-order chi connectivity index (χ0) is 18.0. The third kappa shape index (κ3) is 3.17. The van der Waals surface area contributed by atoms with Crippen molar-refractivity contribution in [3.05, 3.63) is 30.3 Å². The summed E-state index contributed by atoms with van der Waals surface area (Å²) in [7, 11) is 0.506. The molecule has 0 aliphatic heterocycles. The first-order chi connectivity index (χ1) is 12.0. The third-order valence-corrected chi connectivity index (χ3v) is 5.41. The highest BCUT2D eigenvalue weighted by Crippen LogP contribution is 2.40. The summed E-state index contributed by atoms with van der Waals surface area (Å²) in [5.74, 6) is 1.06. The maximum absolute atomic E-state index is 12.8. The van der Waals surface area contributed by atoms with Gasteiger partial charge in [0.15, 0.2) is 11.5 Å². The van der Waals surface area contributed by atoms with Crippen molar-refractivity contribution in [2.24, 2.45) is 0 Å². The molecule has 2 aromatic carbocycles. The summed E-state index contributed by atoms with van der Waals surface area (Å²) in [6, 6.07) is 7.82. The number of hydrogen-bond acceptors (Lipinski definition) is 8. The van der Waals surface area contributed by atoms with Crippen LogP contribution in [0.15, 0.2) is 35.2 Å². The van der Waals surface area contributed by atoms with Crippen molar-refractivity contribution in [3.8, 4) is 17.2 Å². The van der Waals surface area contributed by atoms with Crippen LogP contribution < -0.4 is 18.9 Å². The number of anilines is 1. The molecule has 3 rings (SSSR count). The van der Waals surface area contributed by atoms with Gasteiger partial charge in [-0.15, -0.1) is 0 Å². The molecule has 0 unspecified atom stereocenters. The molecule has 3 aromatic rings. The number of aromatic nitrogens is 2. The van der Waals surface area contributed by atoms with Gasteiger partial charge in [0, 0.05) is 12.1 Å². The minimum Gasteiger partial charge on any atom is -0.493 e. The predicted octanol–water partition coefficient (Wildman–Crippen LogP) is 2.52. The molecule has 0 aliphatic carbocycles. The Hall–Kier alpha value is -2.59. The molecule has 0 spiro atoms. The Balaban J connectivity index is 2.05. The number of fused-ring (bicyclic) bond motifs is 1. The van der Waals surface area contributed by atoms with Gasteiger partial charge in [-0.2, -0.15) is 8.75 Å². The normalized spacial score (nSPS) is 11.3. The van der Waals surface area contributed by atoms with Gasteiger partial charge >= 0.3 is 0 Å². The number of rotatable bonds is 6. The number of nitrogens with one attached hydrogen (secondary N) is 1. The highest BCUT2D eigenvalue weighted by molar-refractivity contribution is 7.93. The lowest BCUT2D eigenvalue weighted by Gasteiger charge is -2.15. The van der Waals surface area contributed by atoms with Crippen molar-refractivity contribution in [1.82, 2.24) is 8.75 Å². The van der Waals surface area contributed by atoms with Gasteiger partial charge in [0.05, 0.1) is 38.7 Å². The molecule has 0 saturated heterocycles. The molecule has 0 saturated carbocycles. The first-order valence-electron chi connectivity index (χ1n) is 7.04. The minimum atomic E-state index is -3.88. The van der Waals surface area contributed by atoms with Crippen LogP contribution in [-0.2, 0) is 10.0 Å². The number of sulfonamides is 1. The van der Waals surface area contributed by atoms with E-state index >= 15 is 0 Å². The van der Waals surface area contributed by atoms with Gasteiger partial charge in [0.2, 0.25) is 5.75 Å². The lowest BCUT2D eigenvalue weighted by atomic mass is 10.2. The van der Waals surface area contributed by atoms with Crippen LogP contribution in [0.25, 0.3) is 11.0 Å². The molecule has 1 aromatic heterocycles. The molecule has 0 amide bonds. The standard InChI is InChI=1S/C15H15N3O5S2/c1-21-11-7-9(8-12(22-2)15(11)23-3)18-25(19,20)13-6-4-5-10-14(13)17-24-16-10/h4-8,18H,1-3H3. The fourth-order valence-electron chi connectivity index (χ4n) is 2.35. The van der Waals surface area contributed by atoms with E-state index in [1.54, 1.807) is 12.1 Å². The first kappa shape index (κ1) is 17.2. The molecule has 0 aliphatic rings. The number of methoxy groups -OCH3 is 3. The average Bonchev–Trinajstić information content (AvgIpc) is 3.08. The highest BCUT2D eigenvalue weighted by atomic mass is 32.2. The van der Waals surface area contributed by atoms with Crippen molar-refractivity contribution >= 4 is 38.5 Å². The van der Waals surface area contributed by atoms with Crippen LogP contribution in [0.4, 0.5) is 5.69 Å². The third-order valence-electron chi connectivity index (χ3n) is 3.46. The van der Waals surface area contributed by atoms with Crippen LogP contribution in [0, 0.1) is 0 Å². The van der Waals surface area contributed by atoms with Crippen molar-refractivity contribution in [1.29, 1.82) is 0 Å². The van der Waals surface area contributed by atoms with Crippen LogP contribution in [0.3, 0.4) is 0 Å². The summed E-state index contributed by atoms with van der Waals surface area (Å²) in [5.41, 5.74) is 1.12. The molecule has 0 radical (unpaired) electrons. The Kier molecular flexibility index (Phi) is 4.64. The van der Waals surface area contributed by atoms with E-state index in [2.05, 4.69) is 13.5 Å². The molecule has 1 N–H and O–H groups in total. The summed E-state index contributed by atoms with van der Waals surface area (Å²) in [6.45, 7) is 0. The van der Waals surface area contributed by atoms with Crippen LogP contribution in [0.2, 0.25) is 0 Å². The Morgan fingerprint density at radius 1 is 1.00 bits per heavy atom. The number of ether oxygens (including phenoxy) is 3. The van der Waals surface area contributed by atoms with Crippen LogP contribution in [0.5, 0.6) is 17.2 Å². The zero-order valence-electron chi connectivity index (χ0n) is 13.6. The molecular formula is C15H15N3O5S2. The van der Waals surface area contributed by atoms with E-state index in [0.717, 1.165) is 11.7 Å². The van der Waals surface area contributed by atoms with E-state index in [4.69, 9.17) is 14.2 Å². The van der Waals surface area contributed by atoms with Gasteiger partial charge in [-0.25, -0.2) is 8.42 Å². The Morgan fingerprint density at radius 3 is 2.28 bits per heavy atom. The Labute approximate surface area is 148 Å². The maximum Gasteiger partial charge on any atom is 0.264 e. The van der Waals surface area contributed by atoms with E-state index in [-0.39, 0.29) is 10.6 Å². The molecule has 0 bridgehead atoms. The van der Waals surface area contributed by atoms with Gasteiger partial charge in [-0.3, -0.25) is 4.72 Å². The van der Waals surface area contributed by atoms with Crippen molar-refractivity contribution < 1.29 is 22.6 Å². The largest absolute Gasteiger partial charge is 0.493 e. The Bertz CT molecular complexity index is 992. The summed E-state index contributed by atoms with van der Waals surface area (Å²) in [5, 5.41) is 0. The summed E-state index contributed by atoms with van der Waals surface area (Å²) in [4.78, 5) is 0.0486. The SMILES string of the molecule is COc1cc(NS(=O)(=O)c2cccc3nsnc23)cc(OC)c1OC. The monoisotopic (exact) mass is 381 g/mol. The molecule has 8 nitrogen and oxygen atoms in total. The second-order valence-electron chi connectivity index (χ2n) is 4.91. The fourth-order valence-corrected chi connectivity index (χ4v) is 4.16. The van der Waals surface area contributed by atoms with Gasteiger partial charge < -0.3 is 14.2 Å². The average molecular weight is 381 g/mol. The lowest BCUT2D eigenvalue weighted by Crippen LogP contribution is -2.13. The summed E-state index contributed by atoms with van der Waals surface area (Å²) < 4.78 is 51.9. The van der Waals surface area contributed by atoms with E-state index in [9.17, 15) is 8.42 Å². The number of benzene rings is 2. The molecule has 132 valence electrons. The van der Waals surface area contributed by atoms with Gasteiger partial charge in [-0.05, 0) is 12.1 Å². The van der Waals surface area contributed by atoms with Gasteiger partial charge in [0.25, 0.3) is 10.0 Å². The molecule has 0 fully saturated rings. The second-order valence-corrected chi connectivity index (χ2v) is 7.09. The first-order valence-corrected chi connectivity index (χ1v) is 9.25. The molecule has 25 heavy (non-hydrogen) atoms. The van der Waals surface area contributed by atoms with Crippen molar-refractivity contribution in [2.75, 3.05) is 26.1 Å². The minimum absolute atomic E-state index is 0.0486. The second kappa shape index (κ2) is 6.73. The van der Waals surface area contributed by atoms with E-state index in [0.29, 0.717) is 28.3 Å². The van der Waals surface area contributed by atoms with Gasteiger partial charge in [0.1, 0.15) is 15.9 Å². The van der Waals surface area contributed by atoms with E-state index < -0.39 is 10.0 Å². The lowest BCUT2D eigenvalue weighted by molar-refractivity contribution is 0.325. The maximum atomic E-state index is 12.8. The van der Waals surface area contributed by atoms with Crippen molar-refractivity contribution in [2.45, 2.75) is 4.90 Å². The quantitative estimate of drug-likeness (QED) is 0.700. The van der Waals surface area contributed by atoms with E-state index in [1.807, 2.05) is 0 Å². The Morgan fingerprint density at radius 2 is 1.68 bits per heavy atom. The number of hydrogen-bond donors (Lipinski definition) is 1. The highest BCUT2D eigenvalue weighted by Gasteiger charge is 2.22. The van der Waals surface area contributed by atoms with E-state index in [1.165, 1.54) is 39.5 Å². The van der Waals surface area contributed by atoms with Crippen LogP contribution >= 0.6 is 11.7 Å². The van der Waals surface area contributed by atoms with Crippen molar-refractivity contribution in [3.63, 3.8) is 0 Å². The number of nitrogens with zero attached hydrogens (tertiary/aromatic N) is 2. The molecular weight excluding hydrogens is 366 g/mol. The molecule has 0 atom stereocenters. The fraction of sp³-hybridized carbons (Fsp3) is 0.200. The predicted molar refractivity (Wildman–Crippen MR) is 94.3 cm³/mol. The summed E-state index contributed by atoms with van der Waals surface area (Å²) >= 11 is 0.958. The summed E-state index contributed by atoms with van der Waals surface area (Å²) in [6.07, 6.45) is 0. The van der Waals surface area contributed by atoms with Crippen LogP contribution in [0.1, 0.15) is 0 Å². The topological polar surface area (TPSA) is 99.6 Å². The smallest absolute Gasteiger partial charge is 0.264 e. The molecule has 1 heterocycles.